The molecule has 0 aliphatic rings. The van der Waals surface area contributed by atoms with Crippen molar-refractivity contribution >= 4 is 27.3 Å². The van der Waals surface area contributed by atoms with Crippen LogP contribution in [0.1, 0.15) is 22.8 Å². The van der Waals surface area contributed by atoms with E-state index in [0.29, 0.717) is 22.5 Å². The number of hydrogen-bond donors (Lipinski definition) is 2. The minimum atomic E-state index is -3.47. The molecule has 0 spiro atoms. The van der Waals surface area contributed by atoms with Crippen LogP contribution in [-0.2, 0) is 10.0 Å². The van der Waals surface area contributed by atoms with Crippen LogP contribution in [0.5, 0.6) is 0 Å². The van der Waals surface area contributed by atoms with Crippen molar-refractivity contribution in [3.8, 4) is 0 Å². The van der Waals surface area contributed by atoms with Crippen LogP contribution in [0.15, 0.2) is 58.5 Å². The molecule has 0 aliphatic heterocycles. The lowest BCUT2D eigenvalue weighted by Gasteiger charge is -2.11. The number of nitrogen functional groups attached to an aromatic ring is 1. The Hall–Kier alpha value is -2.71. The number of hydrazone groups is 1. The van der Waals surface area contributed by atoms with Crippen molar-refractivity contribution in [2.75, 3.05) is 19.8 Å². The zero-order valence-corrected chi connectivity index (χ0v) is 15.0. The normalized spacial score (nSPS) is 12.2. The maximum atomic E-state index is 12.0. The second-order valence-corrected chi connectivity index (χ2v) is 7.72. The molecular weight excluding hydrogens is 340 g/mol. The Kier molecular flexibility index (Phi) is 5.55. The van der Waals surface area contributed by atoms with Gasteiger partial charge in [0, 0.05) is 25.3 Å². The third-order valence-corrected chi connectivity index (χ3v) is 5.38. The number of carbonyl (C=O) groups is 1. The van der Waals surface area contributed by atoms with Crippen LogP contribution < -0.4 is 11.2 Å². The molecule has 132 valence electrons. The van der Waals surface area contributed by atoms with Gasteiger partial charge < -0.3 is 5.73 Å². The van der Waals surface area contributed by atoms with Crippen molar-refractivity contribution in [3.63, 3.8) is 0 Å². The highest BCUT2D eigenvalue weighted by atomic mass is 32.2. The molecule has 25 heavy (non-hydrogen) atoms. The summed E-state index contributed by atoms with van der Waals surface area (Å²) in [6.45, 7) is 1.72. The number of sulfonamides is 1. The fourth-order valence-corrected chi connectivity index (χ4v) is 2.88. The molecule has 2 aromatic carbocycles. The number of rotatable bonds is 5. The third-order valence-electron chi connectivity index (χ3n) is 3.55. The molecule has 0 heterocycles. The van der Waals surface area contributed by atoms with Gasteiger partial charge in [0.05, 0.1) is 10.6 Å². The van der Waals surface area contributed by atoms with E-state index in [1.54, 1.807) is 43.3 Å². The molecule has 0 saturated heterocycles. The van der Waals surface area contributed by atoms with Gasteiger partial charge in [-0.05, 0) is 48.9 Å². The molecule has 2 aromatic rings. The highest BCUT2D eigenvalue weighted by molar-refractivity contribution is 7.89. The molecule has 0 radical (unpaired) electrons. The van der Waals surface area contributed by atoms with E-state index in [1.807, 2.05) is 0 Å². The lowest BCUT2D eigenvalue weighted by Crippen LogP contribution is -2.22. The Morgan fingerprint density at radius 1 is 1.00 bits per heavy atom. The maximum Gasteiger partial charge on any atom is 0.271 e. The summed E-state index contributed by atoms with van der Waals surface area (Å²) >= 11 is 0. The van der Waals surface area contributed by atoms with Gasteiger partial charge in [-0.2, -0.15) is 5.10 Å². The van der Waals surface area contributed by atoms with Gasteiger partial charge in [0.2, 0.25) is 10.0 Å². The lowest BCUT2D eigenvalue weighted by molar-refractivity contribution is 0.0955. The largest absolute Gasteiger partial charge is 0.399 e. The van der Waals surface area contributed by atoms with Gasteiger partial charge in [-0.25, -0.2) is 18.1 Å². The van der Waals surface area contributed by atoms with Crippen LogP contribution in [0.4, 0.5) is 5.69 Å². The summed E-state index contributed by atoms with van der Waals surface area (Å²) in [5.41, 5.74) is 10.3. The molecule has 1 amide bonds. The first-order valence-electron chi connectivity index (χ1n) is 7.45. The molecule has 2 rings (SSSR count). The van der Waals surface area contributed by atoms with Crippen molar-refractivity contribution < 1.29 is 13.2 Å². The monoisotopic (exact) mass is 360 g/mol. The SMILES string of the molecule is C/C(=N/NC(=O)c1ccc(N)cc1)c1ccc(S(=O)(=O)N(C)C)cc1. The molecule has 0 atom stereocenters. The first-order chi connectivity index (χ1) is 11.7. The summed E-state index contributed by atoms with van der Waals surface area (Å²) in [5.74, 6) is -0.355. The van der Waals surface area contributed by atoms with Gasteiger partial charge in [0.25, 0.3) is 5.91 Å². The van der Waals surface area contributed by atoms with Gasteiger partial charge in [-0.15, -0.1) is 0 Å². The Bertz CT molecular complexity index is 886. The van der Waals surface area contributed by atoms with Gasteiger partial charge >= 0.3 is 0 Å². The van der Waals surface area contributed by atoms with Crippen molar-refractivity contribution in [1.29, 1.82) is 0 Å². The fraction of sp³-hybridized carbons (Fsp3) is 0.176. The van der Waals surface area contributed by atoms with Crippen LogP contribution in [0, 0.1) is 0 Å². The van der Waals surface area contributed by atoms with E-state index in [4.69, 9.17) is 5.73 Å². The summed E-state index contributed by atoms with van der Waals surface area (Å²) in [5, 5.41) is 4.05. The molecule has 0 unspecified atom stereocenters. The zero-order chi connectivity index (χ0) is 18.6. The van der Waals surface area contributed by atoms with Crippen molar-refractivity contribution in [2.45, 2.75) is 11.8 Å². The molecule has 0 saturated carbocycles. The number of nitrogens with one attached hydrogen (secondary N) is 1. The summed E-state index contributed by atoms with van der Waals surface area (Å²) in [6, 6.07) is 12.8. The molecule has 0 bridgehead atoms. The highest BCUT2D eigenvalue weighted by Gasteiger charge is 2.16. The van der Waals surface area contributed by atoms with Crippen LogP contribution in [-0.4, -0.2) is 38.4 Å². The highest BCUT2D eigenvalue weighted by Crippen LogP contribution is 2.14. The van der Waals surface area contributed by atoms with Crippen LogP contribution in [0.25, 0.3) is 0 Å². The second-order valence-electron chi connectivity index (χ2n) is 5.57. The van der Waals surface area contributed by atoms with E-state index in [0.717, 1.165) is 4.31 Å². The van der Waals surface area contributed by atoms with Gasteiger partial charge in [-0.3, -0.25) is 4.79 Å². The molecule has 0 fully saturated rings. The average Bonchev–Trinajstić information content (AvgIpc) is 2.60. The average molecular weight is 360 g/mol. The maximum absolute atomic E-state index is 12.0. The van der Waals surface area contributed by atoms with E-state index < -0.39 is 10.0 Å². The molecular formula is C17H20N4O3S. The number of amides is 1. The third kappa shape index (κ3) is 4.43. The van der Waals surface area contributed by atoms with Gasteiger partial charge in [0.1, 0.15) is 0 Å². The number of hydrogen-bond acceptors (Lipinski definition) is 5. The van der Waals surface area contributed by atoms with Crippen molar-refractivity contribution in [2.24, 2.45) is 5.10 Å². The molecule has 0 aromatic heterocycles. The van der Waals surface area contributed by atoms with Gasteiger partial charge in [-0.1, -0.05) is 12.1 Å². The number of anilines is 1. The first kappa shape index (κ1) is 18.6. The van der Waals surface area contributed by atoms with E-state index in [1.165, 1.54) is 26.2 Å². The minimum Gasteiger partial charge on any atom is -0.399 e. The zero-order valence-electron chi connectivity index (χ0n) is 14.2. The Labute approximate surface area is 147 Å². The second kappa shape index (κ2) is 7.45. The Balaban J connectivity index is 2.12. The number of nitrogens with zero attached hydrogens (tertiary/aromatic N) is 2. The van der Waals surface area contributed by atoms with E-state index >= 15 is 0 Å². The van der Waals surface area contributed by atoms with Crippen LogP contribution >= 0.6 is 0 Å². The number of benzene rings is 2. The first-order valence-corrected chi connectivity index (χ1v) is 8.89. The van der Waals surface area contributed by atoms with Gasteiger partial charge in [0.15, 0.2) is 0 Å². The van der Waals surface area contributed by atoms with Crippen LogP contribution in [0.3, 0.4) is 0 Å². The smallest absolute Gasteiger partial charge is 0.271 e. The fourth-order valence-electron chi connectivity index (χ4n) is 1.98. The molecule has 8 heteroatoms. The Morgan fingerprint density at radius 3 is 2.04 bits per heavy atom. The number of carbonyl (C=O) groups excluding carboxylic acids is 1. The molecule has 3 N–H and O–H groups in total. The summed E-state index contributed by atoms with van der Waals surface area (Å²) in [7, 11) is -0.521. The topological polar surface area (TPSA) is 105 Å². The van der Waals surface area contributed by atoms with E-state index in [2.05, 4.69) is 10.5 Å². The quantitative estimate of drug-likeness (QED) is 0.481. The van der Waals surface area contributed by atoms with E-state index in [-0.39, 0.29) is 10.8 Å². The lowest BCUT2D eigenvalue weighted by atomic mass is 10.1. The predicted molar refractivity (Wildman–Crippen MR) is 97.8 cm³/mol. The summed E-state index contributed by atoms with van der Waals surface area (Å²) in [6.07, 6.45) is 0. The molecule has 7 nitrogen and oxygen atoms in total. The summed E-state index contributed by atoms with van der Waals surface area (Å²) < 4.78 is 25.2. The standard InChI is InChI=1S/C17H20N4O3S/c1-12(19-20-17(22)14-4-8-15(18)9-5-14)13-6-10-16(11-7-13)25(23,24)21(2)3/h4-11H,18H2,1-3H3,(H,20,22)/b19-12-. The summed E-state index contributed by atoms with van der Waals surface area (Å²) in [4.78, 5) is 12.2. The number of nitrogens with two attached hydrogens (primary N) is 1. The Morgan fingerprint density at radius 2 is 1.52 bits per heavy atom. The van der Waals surface area contributed by atoms with Crippen LogP contribution in [0.2, 0.25) is 0 Å². The van der Waals surface area contributed by atoms with Crippen molar-refractivity contribution in [3.05, 3.63) is 59.7 Å². The van der Waals surface area contributed by atoms with E-state index in [9.17, 15) is 13.2 Å². The predicted octanol–water partition coefficient (Wildman–Crippen LogP) is 1.67. The van der Waals surface area contributed by atoms with Crippen molar-refractivity contribution in [1.82, 2.24) is 9.73 Å². The minimum absolute atomic E-state index is 0.194. The molecule has 0 aliphatic carbocycles.